The van der Waals surface area contributed by atoms with E-state index in [0.29, 0.717) is 17.1 Å². The molecule has 1 N–H and O–H groups in total. The first-order valence-corrected chi connectivity index (χ1v) is 14.0. The van der Waals surface area contributed by atoms with Gasteiger partial charge in [0.2, 0.25) is 11.8 Å². The largest absolute Gasteiger partial charge is 0.354 e. The third-order valence-corrected chi connectivity index (χ3v) is 7.88. The number of sulfonamides is 1. The predicted octanol–water partition coefficient (Wildman–Crippen LogP) is 4.86. The lowest BCUT2D eigenvalue weighted by Gasteiger charge is -2.32. The minimum atomic E-state index is -4.20. The van der Waals surface area contributed by atoms with E-state index in [4.69, 9.17) is 11.6 Å². The first kappa shape index (κ1) is 29.1. The quantitative estimate of drug-likeness (QED) is 0.363. The molecule has 0 bridgehead atoms. The molecule has 2 amide bonds. The monoisotopic (exact) mass is 559 g/mol. The molecule has 3 aromatic carbocycles. The van der Waals surface area contributed by atoms with Gasteiger partial charge >= 0.3 is 0 Å². The Balaban J connectivity index is 1.98. The Kier molecular flexibility index (Phi) is 9.88. The number of nitrogens with one attached hydrogen (secondary N) is 1. The van der Waals surface area contributed by atoms with Crippen LogP contribution < -0.4 is 9.62 Å². The number of carbonyl (C=O) groups excluding carboxylic acids is 2. The number of halogens is 2. The summed E-state index contributed by atoms with van der Waals surface area (Å²) in [5.41, 5.74) is 0.831. The third kappa shape index (κ3) is 7.55. The zero-order valence-corrected chi connectivity index (χ0v) is 23.0. The molecule has 38 heavy (non-hydrogen) atoms. The minimum Gasteiger partial charge on any atom is -0.354 e. The van der Waals surface area contributed by atoms with Crippen molar-refractivity contribution in [3.63, 3.8) is 0 Å². The SMILES string of the molecule is CC(C)CNC(=O)[C@@H](C)N(Cc1ccc(Cl)cc1)C(=O)CN(c1ccc(F)cc1)S(=O)(=O)c1ccccc1. The number of amides is 2. The van der Waals surface area contributed by atoms with Crippen LogP contribution in [0.4, 0.5) is 10.1 Å². The fourth-order valence-electron chi connectivity index (χ4n) is 3.68. The Bertz CT molecular complexity index is 1330. The highest BCUT2D eigenvalue weighted by atomic mass is 35.5. The summed E-state index contributed by atoms with van der Waals surface area (Å²) in [5.74, 6) is -1.30. The number of benzene rings is 3. The zero-order valence-electron chi connectivity index (χ0n) is 21.5. The third-order valence-electron chi connectivity index (χ3n) is 5.84. The maximum Gasteiger partial charge on any atom is 0.264 e. The van der Waals surface area contributed by atoms with Crippen LogP contribution >= 0.6 is 11.6 Å². The van der Waals surface area contributed by atoms with Gasteiger partial charge in [0.05, 0.1) is 10.6 Å². The maximum absolute atomic E-state index is 13.8. The summed E-state index contributed by atoms with van der Waals surface area (Å²) in [7, 11) is -4.20. The summed E-state index contributed by atoms with van der Waals surface area (Å²) in [5, 5.41) is 3.35. The topological polar surface area (TPSA) is 86.8 Å². The summed E-state index contributed by atoms with van der Waals surface area (Å²) in [6.07, 6.45) is 0. The van der Waals surface area contributed by atoms with E-state index in [0.717, 1.165) is 16.4 Å². The molecule has 0 aromatic heterocycles. The van der Waals surface area contributed by atoms with Crippen molar-refractivity contribution in [1.29, 1.82) is 0 Å². The zero-order chi connectivity index (χ0) is 27.9. The Morgan fingerprint density at radius 1 is 0.921 bits per heavy atom. The van der Waals surface area contributed by atoms with Gasteiger partial charge in [-0.1, -0.05) is 55.8 Å². The highest BCUT2D eigenvalue weighted by Crippen LogP contribution is 2.25. The Morgan fingerprint density at radius 3 is 2.11 bits per heavy atom. The van der Waals surface area contributed by atoms with Gasteiger partial charge in [0, 0.05) is 18.1 Å². The Morgan fingerprint density at radius 2 is 1.53 bits per heavy atom. The average Bonchev–Trinajstić information content (AvgIpc) is 2.90. The summed E-state index contributed by atoms with van der Waals surface area (Å²) in [4.78, 5) is 28.0. The van der Waals surface area contributed by atoms with Crippen LogP contribution in [0.2, 0.25) is 5.02 Å². The Labute approximate surface area is 228 Å². The van der Waals surface area contributed by atoms with E-state index in [-0.39, 0.29) is 29.0 Å². The van der Waals surface area contributed by atoms with Gasteiger partial charge in [-0.25, -0.2) is 12.8 Å². The minimum absolute atomic E-state index is 0.0240. The lowest BCUT2D eigenvalue weighted by Crippen LogP contribution is -2.51. The number of rotatable bonds is 11. The van der Waals surface area contributed by atoms with Crippen LogP contribution in [0.5, 0.6) is 0 Å². The van der Waals surface area contributed by atoms with Crippen molar-refractivity contribution in [1.82, 2.24) is 10.2 Å². The molecule has 1 atom stereocenters. The molecular weight excluding hydrogens is 529 g/mol. The number of carbonyl (C=O) groups is 2. The molecule has 3 aromatic rings. The molecule has 0 saturated carbocycles. The molecule has 7 nitrogen and oxygen atoms in total. The van der Waals surface area contributed by atoms with Crippen molar-refractivity contribution >= 4 is 39.1 Å². The van der Waals surface area contributed by atoms with Gasteiger partial charge in [0.25, 0.3) is 10.0 Å². The van der Waals surface area contributed by atoms with E-state index < -0.39 is 34.3 Å². The van der Waals surface area contributed by atoms with Gasteiger partial charge < -0.3 is 10.2 Å². The summed E-state index contributed by atoms with van der Waals surface area (Å²) in [6, 6.07) is 18.4. The molecule has 0 fully saturated rings. The van der Waals surface area contributed by atoms with Gasteiger partial charge in [0.1, 0.15) is 18.4 Å². The Hall–Kier alpha value is -3.43. The van der Waals surface area contributed by atoms with Crippen LogP contribution in [0.1, 0.15) is 26.3 Å². The molecule has 0 saturated heterocycles. The van der Waals surface area contributed by atoms with E-state index >= 15 is 0 Å². The van der Waals surface area contributed by atoms with Gasteiger partial charge in [0.15, 0.2) is 0 Å². The second kappa shape index (κ2) is 12.9. The molecule has 3 rings (SSSR count). The summed E-state index contributed by atoms with van der Waals surface area (Å²) < 4.78 is 41.8. The van der Waals surface area contributed by atoms with E-state index in [9.17, 15) is 22.4 Å². The average molecular weight is 560 g/mol. The molecule has 0 aliphatic rings. The molecule has 0 radical (unpaired) electrons. The van der Waals surface area contributed by atoms with E-state index in [1.807, 2.05) is 13.8 Å². The number of anilines is 1. The van der Waals surface area contributed by atoms with Crippen LogP contribution in [-0.2, 0) is 26.2 Å². The molecule has 0 unspecified atom stereocenters. The number of nitrogens with zero attached hydrogens (tertiary/aromatic N) is 2. The van der Waals surface area contributed by atoms with Crippen molar-refractivity contribution in [2.45, 2.75) is 38.3 Å². The second-order valence-electron chi connectivity index (χ2n) is 9.26. The van der Waals surface area contributed by atoms with Crippen molar-refractivity contribution in [2.75, 3.05) is 17.4 Å². The van der Waals surface area contributed by atoms with Gasteiger partial charge in [-0.2, -0.15) is 0 Å². The van der Waals surface area contributed by atoms with E-state index in [2.05, 4.69) is 5.32 Å². The molecule has 0 spiro atoms. The standard InChI is InChI=1S/C28H31ClFN3O4S/c1-20(2)17-31-28(35)21(3)32(18-22-9-11-23(29)12-10-22)27(34)19-33(25-15-13-24(30)14-16-25)38(36,37)26-7-5-4-6-8-26/h4-16,20-21H,17-19H2,1-3H3,(H,31,35)/t21-/m1/s1. The van der Waals surface area contributed by atoms with Crippen LogP contribution in [-0.4, -0.2) is 44.3 Å². The lowest BCUT2D eigenvalue weighted by atomic mass is 10.1. The smallest absolute Gasteiger partial charge is 0.264 e. The fourth-order valence-corrected chi connectivity index (χ4v) is 5.24. The maximum atomic E-state index is 13.8. The second-order valence-corrected chi connectivity index (χ2v) is 11.6. The van der Waals surface area contributed by atoms with Crippen molar-refractivity contribution in [3.8, 4) is 0 Å². The van der Waals surface area contributed by atoms with Gasteiger partial charge in [-0.05, 0) is 66.9 Å². The number of hydrogen-bond acceptors (Lipinski definition) is 4. The first-order valence-electron chi connectivity index (χ1n) is 12.1. The van der Waals surface area contributed by atoms with Gasteiger partial charge in [-0.3, -0.25) is 13.9 Å². The predicted molar refractivity (Wildman–Crippen MR) is 147 cm³/mol. The highest BCUT2D eigenvalue weighted by molar-refractivity contribution is 7.92. The summed E-state index contributed by atoms with van der Waals surface area (Å²) >= 11 is 6.01. The van der Waals surface area contributed by atoms with E-state index in [1.54, 1.807) is 49.4 Å². The molecule has 0 heterocycles. The molecule has 202 valence electrons. The first-order chi connectivity index (χ1) is 18.0. The molecule has 0 aliphatic heterocycles. The van der Waals surface area contributed by atoms with Crippen molar-refractivity contribution in [3.05, 3.63) is 95.3 Å². The van der Waals surface area contributed by atoms with Crippen molar-refractivity contribution < 1.29 is 22.4 Å². The van der Waals surface area contributed by atoms with Crippen LogP contribution in [0, 0.1) is 11.7 Å². The van der Waals surface area contributed by atoms with Crippen molar-refractivity contribution in [2.24, 2.45) is 5.92 Å². The normalized spacial score (nSPS) is 12.2. The molecular formula is C28H31ClFN3O4S. The van der Waals surface area contributed by atoms with E-state index in [1.165, 1.54) is 29.2 Å². The summed E-state index contributed by atoms with van der Waals surface area (Å²) in [6.45, 7) is 5.38. The number of hydrogen-bond donors (Lipinski definition) is 1. The molecule has 10 heteroatoms. The fraction of sp³-hybridized carbons (Fsp3) is 0.286. The van der Waals surface area contributed by atoms with Gasteiger partial charge in [-0.15, -0.1) is 0 Å². The van der Waals surface area contributed by atoms with Crippen LogP contribution in [0.25, 0.3) is 0 Å². The highest BCUT2D eigenvalue weighted by Gasteiger charge is 2.32. The molecule has 0 aliphatic carbocycles. The lowest BCUT2D eigenvalue weighted by molar-refractivity contribution is -0.139. The van der Waals surface area contributed by atoms with Crippen LogP contribution in [0.3, 0.4) is 0 Å². The van der Waals surface area contributed by atoms with Crippen LogP contribution in [0.15, 0.2) is 83.8 Å².